The number of para-hydroxylation sites is 2. The number of rotatable bonds is 9. The van der Waals surface area contributed by atoms with Gasteiger partial charge in [-0.3, -0.25) is 14.5 Å². The van der Waals surface area contributed by atoms with E-state index in [-0.39, 0.29) is 5.91 Å². The average molecular weight is 572 g/mol. The van der Waals surface area contributed by atoms with Crippen LogP contribution in [0.4, 0.5) is 5.69 Å². The van der Waals surface area contributed by atoms with Crippen LogP contribution in [0.3, 0.4) is 0 Å². The molecule has 0 saturated heterocycles. The number of nitrogens with one attached hydrogen (secondary N) is 1. The number of hydrogen-bond acceptors (Lipinski definition) is 8. The van der Waals surface area contributed by atoms with Gasteiger partial charge in [-0.1, -0.05) is 36.4 Å². The lowest BCUT2D eigenvalue weighted by atomic mass is 10.0. The zero-order valence-electron chi connectivity index (χ0n) is 23.4. The van der Waals surface area contributed by atoms with E-state index in [2.05, 4.69) is 5.32 Å². The van der Waals surface area contributed by atoms with Crippen molar-refractivity contribution in [3.63, 3.8) is 0 Å². The largest absolute Gasteiger partial charge is 0.496 e. The molecule has 4 N–H and O–H groups in total. The molecule has 3 aromatic carbocycles. The molecular formula is C32H33N3O7. The van der Waals surface area contributed by atoms with Gasteiger partial charge in [0.15, 0.2) is 0 Å². The monoisotopic (exact) mass is 571 g/mol. The lowest BCUT2D eigenvalue weighted by molar-refractivity contribution is -0.123. The van der Waals surface area contributed by atoms with Gasteiger partial charge in [-0.25, -0.2) is 0 Å². The smallest absolute Gasteiger partial charge is 0.268 e. The first-order chi connectivity index (χ1) is 20.4. The van der Waals surface area contributed by atoms with Gasteiger partial charge in [0, 0.05) is 35.0 Å². The van der Waals surface area contributed by atoms with E-state index in [4.69, 9.17) is 9.47 Å². The summed E-state index contributed by atoms with van der Waals surface area (Å²) in [7, 11) is 3.16. The molecule has 0 fully saturated rings. The number of allylic oxidation sites excluding steroid dienone is 1. The minimum absolute atomic E-state index is 0.278. The minimum Gasteiger partial charge on any atom is -0.496 e. The van der Waals surface area contributed by atoms with E-state index < -0.39 is 31.3 Å². The van der Waals surface area contributed by atoms with E-state index in [1.54, 1.807) is 48.4 Å². The highest BCUT2D eigenvalue weighted by atomic mass is 16.5. The second-order valence-corrected chi connectivity index (χ2v) is 10.1. The first-order valence-electron chi connectivity index (χ1n) is 13.4. The lowest BCUT2D eigenvalue weighted by Gasteiger charge is -2.31. The van der Waals surface area contributed by atoms with Crippen LogP contribution in [0.15, 0.2) is 90.4 Å². The Morgan fingerprint density at radius 2 is 1.55 bits per heavy atom. The fourth-order valence-electron chi connectivity index (χ4n) is 5.16. The third-order valence-electron chi connectivity index (χ3n) is 7.58. The Morgan fingerprint density at radius 3 is 2.26 bits per heavy atom. The van der Waals surface area contributed by atoms with E-state index in [0.717, 1.165) is 16.7 Å². The third kappa shape index (κ3) is 5.23. The maximum absolute atomic E-state index is 14.1. The molecule has 0 unspecified atom stereocenters. The van der Waals surface area contributed by atoms with Crippen LogP contribution in [0.1, 0.15) is 22.3 Å². The van der Waals surface area contributed by atoms with Gasteiger partial charge >= 0.3 is 0 Å². The Balaban J connectivity index is 1.49. The number of hydrogen-bond donors (Lipinski definition) is 4. The molecule has 2 aliphatic rings. The third-order valence-corrected chi connectivity index (χ3v) is 7.58. The predicted octanol–water partition coefficient (Wildman–Crippen LogP) is 2.79. The molecular weight excluding hydrogens is 538 g/mol. The summed E-state index contributed by atoms with van der Waals surface area (Å²) in [5.41, 5.74) is 2.97. The predicted molar refractivity (Wildman–Crippen MR) is 157 cm³/mol. The van der Waals surface area contributed by atoms with Crippen LogP contribution in [-0.4, -0.2) is 71.6 Å². The topological polar surface area (TPSA) is 132 Å². The van der Waals surface area contributed by atoms with Gasteiger partial charge in [0.2, 0.25) is 0 Å². The molecule has 0 bridgehead atoms. The number of aliphatic hydroxyl groups excluding tert-OH is 3. The molecule has 5 rings (SSSR count). The van der Waals surface area contributed by atoms with Crippen molar-refractivity contribution >= 4 is 17.5 Å². The van der Waals surface area contributed by atoms with Gasteiger partial charge in [0.1, 0.15) is 22.7 Å². The van der Waals surface area contributed by atoms with Crippen LogP contribution < -0.4 is 19.7 Å². The highest BCUT2D eigenvalue weighted by molar-refractivity contribution is 6.08. The summed E-state index contributed by atoms with van der Waals surface area (Å²) in [6, 6.07) is 20.3. The second-order valence-electron chi connectivity index (χ2n) is 10.1. The molecule has 2 amide bonds. The summed E-state index contributed by atoms with van der Waals surface area (Å²) in [4.78, 5) is 30.7. The highest BCUT2D eigenvalue weighted by Crippen LogP contribution is 2.39. The Hall–Kier alpha value is -4.64. The number of methoxy groups -OCH3 is 2. The van der Waals surface area contributed by atoms with Gasteiger partial charge in [0.05, 0.1) is 46.3 Å². The summed E-state index contributed by atoms with van der Waals surface area (Å²) in [5.74, 6) is 0.372. The summed E-state index contributed by atoms with van der Waals surface area (Å²) in [5, 5.41) is 31.6. The van der Waals surface area contributed by atoms with Gasteiger partial charge in [0.25, 0.3) is 11.8 Å². The minimum atomic E-state index is -1.56. The van der Waals surface area contributed by atoms with Crippen molar-refractivity contribution in [2.75, 3.05) is 38.9 Å². The quantitative estimate of drug-likeness (QED) is 0.308. The molecule has 0 aliphatic carbocycles. The maximum Gasteiger partial charge on any atom is 0.268 e. The van der Waals surface area contributed by atoms with Gasteiger partial charge < -0.3 is 35.0 Å². The van der Waals surface area contributed by atoms with Crippen LogP contribution in [0.2, 0.25) is 0 Å². The van der Waals surface area contributed by atoms with Crippen LogP contribution in [-0.2, 0) is 11.3 Å². The fraction of sp³-hybridized carbons (Fsp3) is 0.250. The molecule has 42 heavy (non-hydrogen) atoms. The molecule has 0 spiro atoms. The van der Waals surface area contributed by atoms with E-state index in [1.165, 1.54) is 0 Å². The zero-order chi connectivity index (χ0) is 29.9. The molecule has 10 nitrogen and oxygen atoms in total. The Kier molecular flexibility index (Phi) is 8.30. The lowest BCUT2D eigenvalue weighted by Crippen LogP contribution is -2.57. The van der Waals surface area contributed by atoms with E-state index >= 15 is 0 Å². The maximum atomic E-state index is 14.1. The number of nitrogens with zero attached hydrogens (tertiary/aromatic N) is 2. The molecule has 0 radical (unpaired) electrons. The zero-order valence-corrected chi connectivity index (χ0v) is 23.4. The first-order valence-corrected chi connectivity index (χ1v) is 13.4. The Bertz CT molecular complexity index is 1550. The number of carbonyl (C=O) groups excluding carboxylic acids is 2. The number of ether oxygens (including phenoxy) is 2. The molecule has 2 heterocycles. The van der Waals surface area contributed by atoms with Crippen molar-refractivity contribution in [1.82, 2.24) is 10.2 Å². The van der Waals surface area contributed by atoms with Gasteiger partial charge in [-0.15, -0.1) is 0 Å². The molecule has 10 heteroatoms. The number of benzene rings is 3. The molecule has 218 valence electrons. The number of fused-ring (bicyclic) bond motifs is 2. The molecule has 0 aromatic heterocycles. The second kappa shape index (κ2) is 12.1. The number of aliphatic hydroxyl groups is 3. The normalized spacial score (nSPS) is 14.3. The van der Waals surface area contributed by atoms with Crippen LogP contribution in [0.25, 0.3) is 11.1 Å². The van der Waals surface area contributed by atoms with E-state index in [9.17, 15) is 24.9 Å². The summed E-state index contributed by atoms with van der Waals surface area (Å²) in [6.45, 7) is -1.59. The molecule has 0 saturated carbocycles. The SMILES string of the molecule is COc1ccccc1-c1ccc(C(=O)N2C=C3CC=C(C(=O)NC(CO)(CO)CO)N3Cc3ccccc32)cc1OC. The number of carbonyl (C=O) groups is 2. The van der Waals surface area contributed by atoms with Gasteiger partial charge in [-0.05, 0) is 42.0 Å². The van der Waals surface area contributed by atoms with Crippen LogP contribution in [0, 0.1) is 0 Å². The Morgan fingerprint density at radius 1 is 0.881 bits per heavy atom. The van der Waals surface area contributed by atoms with Crippen molar-refractivity contribution < 1.29 is 34.4 Å². The van der Waals surface area contributed by atoms with Crippen molar-refractivity contribution in [2.24, 2.45) is 0 Å². The van der Waals surface area contributed by atoms with E-state index in [0.29, 0.717) is 47.1 Å². The van der Waals surface area contributed by atoms with Crippen LogP contribution in [0.5, 0.6) is 11.5 Å². The van der Waals surface area contributed by atoms with Crippen molar-refractivity contribution in [3.05, 3.63) is 102 Å². The Labute approximate surface area is 243 Å². The highest BCUT2D eigenvalue weighted by Gasteiger charge is 2.36. The number of amides is 2. The van der Waals surface area contributed by atoms with Crippen LogP contribution >= 0.6 is 0 Å². The molecule has 2 aliphatic heterocycles. The summed E-state index contributed by atoms with van der Waals surface area (Å²) < 4.78 is 11.2. The summed E-state index contributed by atoms with van der Waals surface area (Å²) >= 11 is 0. The molecule has 3 aromatic rings. The van der Waals surface area contributed by atoms with E-state index in [1.807, 2.05) is 54.6 Å². The van der Waals surface area contributed by atoms with Crippen molar-refractivity contribution in [1.29, 1.82) is 0 Å². The van der Waals surface area contributed by atoms with Gasteiger partial charge in [-0.2, -0.15) is 0 Å². The standard InChI is InChI=1S/C32H33N3O7/c1-41-28-10-6-4-8-24(28)25-13-11-21(15-29(25)42-2)31(40)35-17-23-12-14-27(30(39)33-32(18-36,19-37)20-38)34(23)16-22-7-3-5-9-26(22)35/h3-11,13-15,17,36-38H,12,16,18-20H2,1-2H3,(H,33,39). The summed E-state index contributed by atoms with van der Waals surface area (Å²) in [6.07, 6.45) is 3.82. The first kappa shape index (κ1) is 28.9. The fourth-order valence-corrected chi connectivity index (χ4v) is 5.16. The number of anilines is 1. The van der Waals surface area contributed by atoms with Crippen molar-refractivity contribution in [3.8, 4) is 22.6 Å². The average Bonchev–Trinajstić information content (AvgIpc) is 3.36. The van der Waals surface area contributed by atoms with Crippen molar-refractivity contribution in [2.45, 2.75) is 18.5 Å². The molecule has 0 atom stereocenters.